The number of benzene rings is 2. The van der Waals surface area contributed by atoms with Crippen LogP contribution in [0, 0.1) is 0 Å². The van der Waals surface area contributed by atoms with Crippen LogP contribution in [0.4, 0.5) is 0 Å². The second-order valence-corrected chi connectivity index (χ2v) is 6.96. The van der Waals surface area contributed by atoms with Crippen molar-refractivity contribution in [2.24, 2.45) is 7.05 Å². The van der Waals surface area contributed by atoms with E-state index in [0.717, 1.165) is 17.5 Å². The SMILES string of the molecule is CCc1ccc(C(=O)CSc2nnc(-c3ccccc3Cl)n2C)cc1. The van der Waals surface area contributed by atoms with Crippen molar-refractivity contribution in [3.05, 3.63) is 64.7 Å². The van der Waals surface area contributed by atoms with Crippen LogP contribution in [-0.2, 0) is 13.5 Å². The Labute approximate surface area is 156 Å². The molecule has 0 spiro atoms. The first-order valence-electron chi connectivity index (χ1n) is 7.99. The van der Waals surface area contributed by atoms with Gasteiger partial charge in [0.1, 0.15) is 0 Å². The van der Waals surface area contributed by atoms with Gasteiger partial charge in [-0.15, -0.1) is 10.2 Å². The van der Waals surface area contributed by atoms with Gasteiger partial charge in [0.2, 0.25) is 0 Å². The molecule has 1 aromatic heterocycles. The quantitative estimate of drug-likeness (QED) is 0.466. The lowest BCUT2D eigenvalue weighted by Gasteiger charge is -2.05. The standard InChI is InChI=1S/C19H18ClN3OS/c1-3-13-8-10-14(11-9-13)17(24)12-25-19-22-21-18(23(19)2)15-6-4-5-7-16(15)20/h4-11H,3,12H2,1-2H3. The number of nitrogens with zero attached hydrogens (tertiary/aromatic N) is 3. The summed E-state index contributed by atoms with van der Waals surface area (Å²) in [6, 6.07) is 15.3. The molecule has 3 aromatic rings. The fourth-order valence-electron chi connectivity index (χ4n) is 2.46. The third kappa shape index (κ3) is 3.94. The number of carbonyl (C=O) groups is 1. The number of carbonyl (C=O) groups excluding carboxylic acids is 1. The van der Waals surface area contributed by atoms with Crippen molar-refractivity contribution in [1.82, 2.24) is 14.8 Å². The van der Waals surface area contributed by atoms with Gasteiger partial charge in [-0.3, -0.25) is 4.79 Å². The highest BCUT2D eigenvalue weighted by molar-refractivity contribution is 7.99. The predicted octanol–water partition coefficient (Wildman–Crippen LogP) is 4.67. The molecule has 0 amide bonds. The number of halogens is 1. The number of ketones is 1. The van der Waals surface area contributed by atoms with Crippen molar-refractivity contribution in [2.75, 3.05) is 5.75 Å². The Morgan fingerprint density at radius 3 is 2.52 bits per heavy atom. The van der Waals surface area contributed by atoms with E-state index in [9.17, 15) is 4.79 Å². The van der Waals surface area contributed by atoms with E-state index in [2.05, 4.69) is 17.1 Å². The van der Waals surface area contributed by atoms with Crippen molar-refractivity contribution in [1.29, 1.82) is 0 Å². The first-order valence-corrected chi connectivity index (χ1v) is 9.35. The fraction of sp³-hybridized carbons (Fsp3) is 0.211. The van der Waals surface area contributed by atoms with E-state index < -0.39 is 0 Å². The molecule has 0 aliphatic heterocycles. The number of Topliss-reactive ketones (excluding diaryl/α,β-unsaturated/α-hetero) is 1. The van der Waals surface area contributed by atoms with Gasteiger partial charge in [-0.25, -0.2) is 0 Å². The second-order valence-electron chi connectivity index (χ2n) is 5.61. The minimum absolute atomic E-state index is 0.0787. The predicted molar refractivity (Wildman–Crippen MR) is 102 cm³/mol. The van der Waals surface area contributed by atoms with Gasteiger partial charge in [-0.05, 0) is 24.1 Å². The van der Waals surface area contributed by atoms with Crippen LogP contribution in [0.1, 0.15) is 22.8 Å². The monoisotopic (exact) mass is 371 g/mol. The summed E-state index contributed by atoms with van der Waals surface area (Å²) < 4.78 is 1.86. The molecule has 0 fully saturated rings. The van der Waals surface area contributed by atoms with E-state index in [1.807, 2.05) is 60.1 Å². The average Bonchev–Trinajstić information content (AvgIpc) is 3.00. The second kappa shape index (κ2) is 7.85. The van der Waals surface area contributed by atoms with Gasteiger partial charge in [-0.1, -0.05) is 66.7 Å². The Morgan fingerprint density at radius 1 is 1.12 bits per heavy atom. The number of hydrogen-bond donors (Lipinski definition) is 0. The van der Waals surface area contributed by atoms with E-state index in [1.165, 1.54) is 17.3 Å². The lowest BCUT2D eigenvalue weighted by atomic mass is 10.1. The summed E-state index contributed by atoms with van der Waals surface area (Å²) in [6.45, 7) is 2.09. The Hall–Kier alpha value is -2.11. The normalized spacial score (nSPS) is 10.8. The van der Waals surface area contributed by atoms with Crippen LogP contribution in [-0.4, -0.2) is 26.3 Å². The van der Waals surface area contributed by atoms with Crippen LogP contribution < -0.4 is 0 Å². The van der Waals surface area contributed by atoms with Gasteiger partial charge in [0.15, 0.2) is 16.8 Å². The molecule has 1 heterocycles. The van der Waals surface area contributed by atoms with Crippen molar-refractivity contribution >= 4 is 29.1 Å². The summed E-state index contributed by atoms with van der Waals surface area (Å²) in [4.78, 5) is 12.4. The molecule has 0 atom stereocenters. The molecule has 0 bridgehead atoms. The average molecular weight is 372 g/mol. The highest BCUT2D eigenvalue weighted by atomic mass is 35.5. The highest BCUT2D eigenvalue weighted by Gasteiger charge is 2.15. The summed E-state index contributed by atoms with van der Waals surface area (Å²) in [5.41, 5.74) is 2.77. The Morgan fingerprint density at radius 2 is 1.84 bits per heavy atom. The van der Waals surface area contributed by atoms with E-state index in [4.69, 9.17) is 11.6 Å². The van der Waals surface area contributed by atoms with Crippen LogP contribution in [0.25, 0.3) is 11.4 Å². The van der Waals surface area contributed by atoms with Crippen molar-refractivity contribution in [2.45, 2.75) is 18.5 Å². The van der Waals surface area contributed by atoms with Crippen LogP contribution in [0.5, 0.6) is 0 Å². The van der Waals surface area contributed by atoms with Crippen LogP contribution >= 0.6 is 23.4 Å². The van der Waals surface area contributed by atoms with E-state index >= 15 is 0 Å². The summed E-state index contributed by atoms with van der Waals surface area (Å²) >= 11 is 7.61. The zero-order valence-corrected chi connectivity index (χ0v) is 15.6. The number of aryl methyl sites for hydroxylation is 1. The summed E-state index contributed by atoms with van der Waals surface area (Å²) in [6.07, 6.45) is 0.965. The van der Waals surface area contributed by atoms with Crippen LogP contribution in [0.3, 0.4) is 0 Å². The van der Waals surface area contributed by atoms with Gasteiger partial charge >= 0.3 is 0 Å². The van der Waals surface area contributed by atoms with Crippen LogP contribution in [0.15, 0.2) is 53.7 Å². The van der Waals surface area contributed by atoms with E-state index in [0.29, 0.717) is 21.8 Å². The van der Waals surface area contributed by atoms with Crippen molar-refractivity contribution in [3.63, 3.8) is 0 Å². The maximum absolute atomic E-state index is 12.4. The molecule has 25 heavy (non-hydrogen) atoms. The number of thioether (sulfide) groups is 1. The van der Waals surface area contributed by atoms with Gasteiger partial charge in [-0.2, -0.15) is 0 Å². The zero-order valence-electron chi connectivity index (χ0n) is 14.1. The summed E-state index contributed by atoms with van der Waals surface area (Å²) in [7, 11) is 1.88. The van der Waals surface area contributed by atoms with Crippen molar-refractivity contribution < 1.29 is 4.79 Å². The molecule has 3 rings (SSSR count). The maximum atomic E-state index is 12.4. The van der Waals surface area contributed by atoms with E-state index in [-0.39, 0.29) is 5.78 Å². The van der Waals surface area contributed by atoms with Crippen LogP contribution in [0.2, 0.25) is 5.02 Å². The molecule has 0 unspecified atom stereocenters. The smallest absolute Gasteiger partial charge is 0.191 e. The third-order valence-electron chi connectivity index (χ3n) is 3.97. The highest BCUT2D eigenvalue weighted by Crippen LogP contribution is 2.28. The lowest BCUT2D eigenvalue weighted by molar-refractivity contribution is 0.102. The molecular formula is C19H18ClN3OS. The molecule has 0 radical (unpaired) electrons. The number of rotatable bonds is 6. The summed E-state index contributed by atoms with van der Waals surface area (Å²) in [5, 5.41) is 9.72. The maximum Gasteiger partial charge on any atom is 0.191 e. The van der Waals surface area contributed by atoms with Gasteiger partial charge in [0, 0.05) is 18.2 Å². The molecule has 6 heteroatoms. The molecular weight excluding hydrogens is 354 g/mol. The summed E-state index contributed by atoms with van der Waals surface area (Å²) in [5.74, 6) is 1.09. The van der Waals surface area contributed by atoms with E-state index in [1.54, 1.807) is 0 Å². The Kier molecular flexibility index (Phi) is 5.56. The zero-order chi connectivity index (χ0) is 17.8. The topological polar surface area (TPSA) is 47.8 Å². The molecule has 0 N–H and O–H groups in total. The van der Waals surface area contributed by atoms with Gasteiger partial charge in [0.05, 0.1) is 10.8 Å². The minimum Gasteiger partial charge on any atom is -0.305 e. The Balaban J connectivity index is 1.71. The molecule has 4 nitrogen and oxygen atoms in total. The largest absolute Gasteiger partial charge is 0.305 e. The fourth-order valence-corrected chi connectivity index (χ4v) is 3.48. The third-order valence-corrected chi connectivity index (χ3v) is 5.32. The first-order chi connectivity index (χ1) is 12.1. The first kappa shape index (κ1) is 17.7. The molecule has 128 valence electrons. The van der Waals surface area contributed by atoms with Gasteiger partial charge < -0.3 is 4.57 Å². The molecule has 0 saturated carbocycles. The molecule has 0 aliphatic carbocycles. The molecule has 2 aromatic carbocycles. The van der Waals surface area contributed by atoms with Gasteiger partial charge in [0.25, 0.3) is 0 Å². The number of hydrogen-bond acceptors (Lipinski definition) is 4. The molecule has 0 aliphatic rings. The van der Waals surface area contributed by atoms with Crippen molar-refractivity contribution in [3.8, 4) is 11.4 Å². The molecule has 0 saturated heterocycles. The Bertz CT molecular complexity index is 890. The minimum atomic E-state index is 0.0787. The number of aromatic nitrogens is 3. The lowest BCUT2D eigenvalue weighted by Crippen LogP contribution is -2.04.